The molecule has 0 aliphatic carbocycles. The van der Waals surface area contributed by atoms with E-state index in [4.69, 9.17) is 4.74 Å². The molecule has 2 aromatic rings. The molecular formula is C36H57NO3. The second-order valence-corrected chi connectivity index (χ2v) is 11.7. The summed E-state index contributed by atoms with van der Waals surface area (Å²) < 4.78 is 7.40. The highest BCUT2D eigenvalue weighted by atomic mass is 16.5. The predicted octanol–water partition coefficient (Wildman–Crippen LogP) is 10.0. The SMILES string of the molecule is CCCCCCCCCCCCCCCCCC(=O)c1c(C)c(CC(=O)OCC)n(Cc2ccc(C)cc2)c1C. The first-order valence-corrected chi connectivity index (χ1v) is 16.3. The van der Waals surface area contributed by atoms with Gasteiger partial charge < -0.3 is 9.30 Å². The van der Waals surface area contributed by atoms with Crippen LogP contribution in [0.2, 0.25) is 0 Å². The molecule has 0 aliphatic heterocycles. The summed E-state index contributed by atoms with van der Waals surface area (Å²) in [6.45, 7) is 11.2. The Hall–Kier alpha value is -2.36. The number of unbranched alkanes of at least 4 members (excludes halogenated alkanes) is 14. The van der Waals surface area contributed by atoms with Gasteiger partial charge in [-0.25, -0.2) is 0 Å². The van der Waals surface area contributed by atoms with Crippen molar-refractivity contribution in [2.45, 2.75) is 150 Å². The quantitative estimate of drug-likeness (QED) is 0.0831. The molecule has 0 radical (unpaired) electrons. The van der Waals surface area contributed by atoms with E-state index >= 15 is 0 Å². The Morgan fingerprint density at radius 1 is 0.700 bits per heavy atom. The van der Waals surface area contributed by atoms with Crippen LogP contribution in [0, 0.1) is 20.8 Å². The summed E-state index contributed by atoms with van der Waals surface area (Å²) in [7, 11) is 0. The van der Waals surface area contributed by atoms with Crippen LogP contribution in [0.1, 0.15) is 155 Å². The van der Waals surface area contributed by atoms with E-state index < -0.39 is 0 Å². The first-order chi connectivity index (χ1) is 19.4. The van der Waals surface area contributed by atoms with E-state index in [1.807, 2.05) is 20.8 Å². The smallest absolute Gasteiger partial charge is 0.311 e. The van der Waals surface area contributed by atoms with E-state index in [1.54, 1.807) is 0 Å². The molecule has 0 saturated carbocycles. The number of nitrogens with zero attached hydrogens (tertiary/aromatic N) is 1. The molecule has 0 N–H and O–H groups in total. The molecular weight excluding hydrogens is 494 g/mol. The van der Waals surface area contributed by atoms with E-state index in [2.05, 4.69) is 42.7 Å². The third kappa shape index (κ3) is 12.0. The number of esters is 1. The van der Waals surface area contributed by atoms with E-state index in [0.29, 0.717) is 19.6 Å². The average Bonchev–Trinajstić information content (AvgIpc) is 3.15. The normalized spacial score (nSPS) is 11.2. The Kier molecular flexibility index (Phi) is 16.6. The molecule has 0 bridgehead atoms. The minimum Gasteiger partial charge on any atom is -0.466 e. The van der Waals surface area contributed by atoms with Gasteiger partial charge >= 0.3 is 5.97 Å². The van der Waals surface area contributed by atoms with Gasteiger partial charge in [0.1, 0.15) is 0 Å². The lowest BCUT2D eigenvalue weighted by Gasteiger charge is -2.13. The van der Waals surface area contributed by atoms with E-state index in [-0.39, 0.29) is 18.2 Å². The maximum absolute atomic E-state index is 13.4. The molecule has 0 saturated heterocycles. The molecule has 224 valence electrons. The lowest BCUT2D eigenvalue weighted by atomic mass is 9.99. The van der Waals surface area contributed by atoms with E-state index in [1.165, 1.54) is 89.0 Å². The molecule has 0 spiro atoms. The number of ether oxygens (including phenoxy) is 1. The summed E-state index contributed by atoms with van der Waals surface area (Å²) in [5.74, 6) is -0.0351. The van der Waals surface area contributed by atoms with Crippen LogP contribution in [0.25, 0.3) is 0 Å². The van der Waals surface area contributed by atoms with Crippen molar-refractivity contribution >= 4 is 11.8 Å². The molecule has 0 atom stereocenters. The lowest BCUT2D eigenvalue weighted by Crippen LogP contribution is -2.14. The highest BCUT2D eigenvalue weighted by molar-refractivity contribution is 5.99. The Bertz CT molecular complexity index is 1000. The van der Waals surface area contributed by atoms with Crippen molar-refractivity contribution < 1.29 is 14.3 Å². The van der Waals surface area contributed by atoms with E-state index in [9.17, 15) is 9.59 Å². The zero-order valence-corrected chi connectivity index (χ0v) is 26.4. The van der Waals surface area contributed by atoms with Gasteiger partial charge in [-0.1, -0.05) is 127 Å². The minimum absolute atomic E-state index is 0.193. The summed E-state index contributed by atoms with van der Waals surface area (Å²) in [5.41, 5.74) is 5.98. The van der Waals surface area contributed by atoms with Crippen LogP contribution >= 0.6 is 0 Å². The van der Waals surface area contributed by atoms with Gasteiger partial charge in [0.05, 0.1) is 13.0 Å². The van der Waals surface area contributed by atoms with Crippen molar-refractivity contribution in [3.8, 4) is 0 Å². The number of carbonyl (C=O) groups excluding carboxylic acids is 2. The molecule has 1 heterocycles. The number of hydrogen-bond acceptors (Lipinski definition) is 3. The van der Waals surface area contributed by atoms with Crippen molar-refractivity contribution in [2.24, 2.45) is 0 Å². The third-order valence-corrected chi connectivity index (χ3v) is 8.26. The predicted molar refractivity (Wildman–Crippen MR) is 168 cm³/mol. The molecule has 0 fully saturated rings. The van der Waals surface area contributed by atoms with Gasteiger partial charge in [0, 0.05) is 29.9 Å². The summed E-state index contributed by atoms with van der Waals surface area (Å²) in [6, 6.07) is 8.45. The third-order valence-electron chi connectivity index (χ3n) is 8.26. The van der Waals surface area contributed by atoms with Crippen molar-refractivity contribution in [2.75, 3.05) is 6.61 Å². The molecule has 0 amide bonds. The minimum atomic E-state index is -0.241. The molecule has 0 aliphatic rings. The van der Waals surface area contributed by atoms with Gasteiger partial charge in [-0.15, -0.1) is 0 Å². The van der Waals surface area contributed by atoms with Crippen molar-refractivity contribution in [3.63, 3.8) is 0 Å². The zero-order valence-electron chi connectivity index (χ0n) is 26.4. The summed E-state index contributed by atoms with van der Waals surface area (Å²) in [5, 5.41) is 0. The highest BCUT2D eigenvalue weighted by Gasteiger charge is 2.24. The fourth-order valence-electron chi connectivity index (χ4n) is 5.82. The number of hydrogen-bond donors (Lipinski definition) is 0. The number of rotatable bonds is 22. The van der Waals surface area contributed by atoms with Gasteiger partial charge in [-0.3, -0.25) is 9.59 Å². The number of ketones is 1. The van der Waals surface area contributed by atoms with Gasteiger partial charge in [-0.05, 0) is 45.2 Å². The fraction of sp³-hybridized carbons (Fsp3) is 0.667. The Morgan fingerprint density at radius 2 is 1.20 bits per heavy atom. The van der Waals surface area contributed by atoms with Crippen LogP contribution < -0.4 is 0 Å². The Balaban J connectivity index is 1.79. The topological polar surface area (TPSA) is 48.3 Å². The number of Topliss-reactive ketones (excluding diaryl/α,β-unsaturated/α-hetero) is 1. The maximum atomic E-state index is 13.4. The highest BCUT2D eigenvalue weighted by Crippen LogP contribution is 2.27. The van der Waals surface area contributed by atoms with Gasteiger partial charge in [0.15, 0.2) is 5.78 Å². The Labute approximate surface area is 245 Å². The number of aryl methyl sites for hydroxylation is 1. The average molecular weight is 552 g/mol. The summed E-state index contributed by atoms with van der Waals surface area (Å²) in [4.78, 5) is 25.8. The second-order valence-electron chi connectivity index (χ2n) is 11.7. The van der Waals surface area contributed by atoms with Crippen LogP contribution in [0.4, 0.5) is 0 Å². The fourth-order valence-corrected chi connectivity index (χ4v) is 5.82. The molecule has 2 rings (SSSR count). The lowest BCUT2D eigenvalue weighted by molar-refractivity contribution is -0.142. The largest absolute Gasteiger partial charge is 0.466 e. The van der Waals surface area contributed by atoms with Crippen molar-refractivity contribution in [3.05, 3.63) is 57.9 Å². The zero-order chi connectivity index (χ0) is 29.2. The van der Waals surface area contributed by atoms with Crippen LogP contribution in [0.15, 0.2) is 24.3 Å². The van der Waals surface area contributed by atoms with Crippen LogP contribution in [-0.2, 0) is 22.5 Å². The van der Waals surface area contributed by atoms with Crippen molar-refractivity contribution in [1.82, 2.24) is 4.57 Å². The number of aromatic nitrogens is 1. The molecule has 40 heavy (non-hydrogen) atoms. The Morgan fingerprint density at radius 3 is 1.70 bits per heavy atom. The van der Waals surface area contributed by atoms with Gasteiger partial charge in [0.25, 0.3) is 0 Å². The van der Waals surface area contributed by atoms with E-state index in [0.717, 1.165) is 40.9 Å². The van der Waals surface area contributed by atoms with Crippen LogP contribution in [-0.4, -0.2) is 22.9 Å². The summed E-state index contributed by atoms with van der Waals surface area (Å²) in [6.07, 6.45) is 20.5. The monoisotopic (exact) mass is 551 g/mol. The molecule has 1 aromatic carbocycles. The first kappa shape index (κ1) is 33.8. The molecule has 4 heteroatoms. The maximum Gasteiger partial charge on any atom is 0.311 e. The van der Waals surface area contributed by atoms with Crippen molar-refractivity contribution in [1.29, 1.82) is 0 Å². The van der Waals surface area contributed by atoms with Crippen LogP contribution in [0.3, 0.4) is 0 Å². The standard InChI is InChI=1S/C36H57NO3/c1-6-8-9-10-11-12-13-14-15-16-17-18-19-20-21-22-34(38)36-30(4)33(27-35(39)40-7-2)37(31(36)5)28-32-25-23-29(3)24-26-32/h23-26H,6-22,27-28H2,1-5H3. The molecule has 4 nitrogen and oxygen atoms in total. The molecule has 1 aromatic heterocycles. The van der Waals surface area contributed by atoms with Gasteiger partial charge in [0.2, 0.25) is 0 Å². The van der Waals surface area contributed by atoms with Gasteiger partial charge in [-0.2, -0.15) is 0 Å². The first-order valence-electron chi connectivity index (χ1n) is 16.3. The second kappa shape index (κ2) is 19.7. The number of benzene rings is 1. The number of carbonyl (C=O) groups is 2. The summed E-state index contributed by atoms with van der Waals surface area (Å²) >= 11 is 0. The van der Waals surface area contributed by atoms with Crippen LogP contribution in [0.5, 0.6) is 0 Å². The molecule has 0 unspecified atom stereocenters.